The van der Waals surface area contributed by atoms with Crippen LogP contribution in [0.5, 0.6) is 0 Å². The molecule has 0 bridgehead atoms. The number of benzene rings is 1. The Balaban J connectivity index is 1.86. The van der Waals surface area contributed by atoms with E-state index in [9.17, 15) is 4.39 Å². The minimum atomic E-state index is -0.282. The number of nitrogens with zero attached hydrogens (tertiary/aromatic N) is 2. The van der Waals surface area contributed by atoms with Crippen molar-refractivity contribution >= 4 is 51.2 Å². The van der Waals surface area contributed by atoms with Crippen molar-refractivity contribution in [3.63, 3.8) is 0 Å². The van der Waals surface area contributed by atoms with Crippen molar-refractivity contribution in [2.24, 2.45) is 5.92 Å². The molecule has 0 aliphatic rings. The van der Waals surface area contributed by atoms with Gasteiger partial charge in [0, 0.05) is 11.4 Å². The first-order valence-electron chi connectivity index (χ1n) is 6.33. The van der Waals surface area contributed by atoms with Crippen molar-refractivity contribution in [3.8, 4) is 0 Å². The Morgan fingerprint density at radius 2 is 2.00 bits per heavy atom. The van der Waals surface area contributed by atoms with E-state index in [-0.39, 0.29) is 5.82 Å². The number of thiocarbonyl (C=S) groups is 1. The summed E-state index contributed by atoms with van der Waals surface area (Å²) in [4.78, 5) is 0. The number of hydrogen-bond donors (Lipinski definition) is 2. The zero-order chi connectivity index (χ0) is 15.2. The summed E-state index contributed by atoms with van der Waals surface area (Å²) >= 11 is 8.32. The molecule has 21 heavy (non-hydrogen) atoms. The van der Waals surface area contributed by atoms with Gasteiger partial charge in [-0.3, -0.25) is 0 Å². The van der Waals surface area contributed by atoms with Crippen molar-refractivity contribution in [1.82, 2.24) is 10.2 Å². The highest BCUT2D eigenvalue weighted by molar-refractivity contribution is 8.01. The van der Waals surface area contributed by atoms with Crippen LogP contribution in [0.3, 0.4) is 0 Å². The molecule has 0 fully saturated rings. The van der Waals surface area contributed by atoms with Crippen LogP contribution in [0.25, 0.3) is 0 Å². The summed E-state index contributed by atoms with van der Waals surface area (Å²) in [5.74, 6) is 1.33. The second-order valence-corrected chi connectivity index (χ2v) is 7.32. The minimum Gasteiger partial charge on any atom is -0.332 e. The lowest BCUT2D eigenvalue weighted by Crippen LogP contribution is -2.18. The second kappa shape index (κ2) is 7.67. The Bertz CT molecular complexity index is 598. The normalized spacial score (nSPS) is 10.7. The Morgan fingerprint density at radius 3 is 2.67 bits per heavy atom. The molecule has 1 aromatic carbocycles. The molecule has 0 aliphatic carbocycles. The number of anilines is 2. The summed E-state index contributed by atoms with van der Waals surface area (Å²) in [6.07, 6.45) is 0. The van der Waals surface area contributed by atoms with Crippen LogP contribution in [-0.4, -0.2) is 21.1 Å². The molecule has 0 saturated carbocycles. The molecule has 2 N–H and O–H groups in total. The Hall–Kier alpha value is -1.25. The maximum atomic E-state index is 12.8. The van der Waals surface area contributed by atoms with Crippen molar-refractivity contribution in [2.45, 2.75) is 18.2 Å². The van der Waals surface area contributed by atoms with Crippen molar-refractivity contribution < 1.29 is 4.39 Å². The first-order chi connectivity index (χ1) is 10.0. The van der Waals surface area contributed by atoms with Gasteiger partial charge in [-0.15, -0.1) is 10.2 Å². The van der Waals surface area contributed by atoms with Crippen LogP contribution in [0.2, 0.25) is 0 Å². The predicted octanol–water partition coefficient (Wildman–Crippen LogP) is 4.23. The molecule has 0 spiro atoms. The van der Waals surface area contributed by atoms with Gasteiger partial charge in [0.2, 0.25) is 5.13 Å². The fourth-order valence-electron chi connectivity index (χ4n) is 1.35. The first kappa shape index (κ1) is 16.1. The third-order valence-corrected chi connectivity index (χ3v) is 4.87. The van der Waals surface area contributed by atoms with Gasteiger partial charge in [-0.05, 0) is 42.4 Å². The van der Waals surface area contributed by atoms with Gasteiger partial charge in [-0.1, -0.05) is 36.9 Å². The molecular formula is C13H15FN4S3. The van der Waals surface area contributed by atoms with Gasteiger partial charge in [0.25, 0.3) is 0 Å². The standard InChI is InChI=1S/C13H15FN4S3/c1-8(2)7-20-13-18-17-12(21-13)16-11(19)15-10-5-3-9(14)4-6-10/h3-6,8H,7H2,1-2H3,(H2,15,16,17,19). The molecule has 0 aliphatic heterocycles. The zero-order valence-corrected chi connectivity index (χ0v) is 14.0. The number of rotatable bonds is 5. The van der Waals surface area contributed by atoms with Gasteiger partial charge in [0.1, 0.15) is 5.82 Å². The van der Waals surface area contributed by atoms with Gasteiger partial charge in [-0.2, -0.15) is 0 Å². The first-order valence-corrected chi connectivity index (χ1v) is 8.54. The van der Waals surface area contributed by atoms with Gasteiger partial charge in [-0.25, -0.2) is 4.39 Å². The van der Waals surface area contributed by atoms with Crippen molar-refractivity contribution in [2.75, 3.05) is 16.4 Å². The number of aromatic nitrogens is 2. The number of thioether (sulfide) groups is 1. The summed E-state index contributed by atoms with van der Waals surface area (Å²) in [7, 11) is 0. The van der Waals surface area contributed by atoms with Crippen LogP contribution >= 0.6 is 35.3 Å². The van der Waals surface area contributed by atoms with E-state index in [1.807, 2.05) is 0 Å². The molecule has 1 aromatic heterocycles. The molecular weight excluding hydrogens is 327 g/mol. The fraction of sp³-hybridized carbons (Fsp3) is 0.308. The minimum absolute atomic E-state index is 0.282. The largest absolute Gasteiger partial charge is 0.332 e. The van der Waals surface area contributed by atoms with E-state index in [1.54, 1.807) is 23.9 Å². The maximum Gasteiger partial charge on any atom is 0.212 e. The second-order valence-electron chi connectivity index (χ2n) is 4.66. The highest BCUT2D eigenvalue weighted by atomic mass is 32.2. The van der Waals surface area contributed by atoms with E-state index in [0.717, 1.165) is 10.1 Å². The maximum absolute atomic E-state index is 12.8. The average molecular weight is 342 g/mol. The lowest BCUT2D eigenvalue weighted by molar-refractivity contribution is 0.628. The highest BCUT2D eigenvalue weighted by Crippen LogP contribution is 2.26. The van der Waals surface area contributed by atoms with Gasteiger partial charge >= 0.3 is 0 Å². The van der Waals surface area contributed by atoms with E-state index in [4.69, 9.17) is 12.2 Å². The van der Waals surface area contributed by atoms with Crippen molar-refractivity contribution in [1.29, 1.82) is 0 Å². The van der Waals surface area contributed by atoms with Gasteiger partial charge in [0.05, 0.1) is 0 Å². The molecule has 0 saturated heterocycles. The third kappa shape index (κ3) is 5.56. The molecule has 2 rings (SSSR count). The molecule has 8 heteroatoms. The van der Waals surface area contributed by atoms with Crippen LogP contribution in [-0.2, 0) is 0 Å². The topological polar surface area (TPSA) is 49.8 Å². The van der Waals surface area contributed by atoms with Gasteiger partial charge < -0.3 is 10.6 Å². The van der Waals surface area contributed by atoms with Crippen molar-refractivity contribution in [3.05, 3.63) is 30.1 Å². The molecule has 1 heterocycles. The molecule has 112 valence electrons. The van der Waals surface area contributed by atoms with E-state index >= 15 is 0 Å². The van der Waals surface area contributed by atoms with Crippen LogP contribution < -0.4 is 10.6 Å². The monoisotopic (exact) mass is 342 g/mol. The highest BCUT2D eigenvalue weighted by Gasteiger charge is 2.07. The van der Waals surface area contributed by atoms with Crippen LogP contribution in [0.15, 0.2) is 28.6 Å². The summed E-state index contributed by atoms with van der Waals surface area (Å²) in [6, 6.07) is 5.98. The number of hydrogen-bond acceptors (Lipinski definition) is 5. The Labute approximate surface area is 136 Å². The summed E-state index contributed by atoms with van der Waals surface area (Å²) in [5, 5.41) is 15.1. The zero-order valence-electron chi connectivity index (χ0n) is 11.6. The lowest BCUT2D eigenvalue weighted by Gasteiger charge is -2.07. The van der Waals surface area contributed by atoms with E-state index in [0.29, 0.717) is 21.8 Å². The smallest absolute Gasteiger partial charge is 0.212 e. The number of halogens is 1. The average Bonchev–Trinajstić information content (AvgIpc) is 2.86. The lowest BCUT2D eigenvalue weighted by atomic mass is 10.3. The summed E-state index contributed by atoms with van der Waals surface area (Å²) in [6.45, 7) is 4.32. The van der Waals surface area contributed by atoms with E-state index in [2.05, 4.69) is 34.7 Å². The quantitative estimate of drug-likeness (QED) is 0.626. The van der Waals surface area contributed by atoms with Gasteiger partial charge in [0.15, 0.2) is 9.45 Å². The van der Waals surface area contributed by atoms with Crippen LogP contribution in [0.4, 0.5) is 15.2 Å². The molecule has 2 aromatic rings. The SMILES string of the molecule is CC(C)CSc1nnc(NC(=S)Nc2ccc(F)cc2)s1. The number of nitrogens with one attached hydrogen (secondary N) is 2. The molecule has 0 amide bonds. The van der Waals surface area contributed by atoms with Crippen LogP contribution in [0.1, 0.15) is 13.8 Å². The fourth-order valence-corrected chi connectivity index (χ4v) is 3.36. The predicted molar refractivity (Wildman–Crippen MR) is 91.7 cm³/mol. The van der Waals surface area contributed by atoms with E-state index < -0.39 is 0 Å². The Kier molecular flexibility index (Phi) is 5.89. The third-order valence-electron chi connectivity index (χ3n) is 2.27. The Morgan fingerprint density at radius 1 is 1.29 bits per heavy atom. The molecule has 0 unspecified atom stereocenters. The molecule has 4 nitrogen and oxygen atoms in total. The van der Waals surface area contributed by atoms with Crippen LogP contribution in [0, 0.1) is 11.7 Å². The summed E-state index contributed by atoms with van der Waals surface area (Å²) < 4.78 is 13.7. The van der Waals surface area contributed by atoms with E-state index in [1.165, 1.54) is 23.5 Å². The molecule has 0 atom stereocenters. The molecule has 0 radical (unpaired) electrons. The summed E-state index contributed by atoms with van der Waals surface area (Å²) in [5.41, 5.74) is 0.716.